The minimum Gasteiger partial charge on any atom is -0.382 e. The van der Waals surface area contributed by atoms with Crippen LogP contribution in [-0.4, -0.2) is 32.8 Å². The molecule has 108 valence electrons. The fourth-order valence-electron chi connectivity index (χ4n) is 2.73. The molecule has 1 aromatic carbocycles. The van der Waals surface area contributed by atoms with Crippen molar-refractivity contribution in [3.63, 3.8) is 0 Å². The number of anilines is 1. The van der Waals surface area contributed by atoms with Gasteiger partial charge < -0.3 is 15.4 Å². The summed E-state index contributed by atoms with van der Waals surface area (Å²) in [5, 5.41) is 0. The highest BCUT2D eigenvalue weighted by atomic mass is 16.5. The topological polar surface area (TPSA) is 38.5 Å². The molecule has 0 heterocycles. The molecule has 1 aromatic rings. The molecule has 2 N–H and O–H groups in total. The van der Waals surface area contributed by atoms with E-state index in [9.17, 15) is 0 Å². The average Bonchev–Trinajstić information content (AvgIpc) is 2.33. The molecule has 3 nitrogen and oxygen atoms in total. The summed E-state index contributed by atoms with van der Waals surface area (Å²) in [6, 6.07) is 6.60. The second-order valence-corrected chi connectivity index (χ2v) is 5.80. The first-order valence-corrected chi connectivity index (χ1v) is 6.88. The van der Waals surface area contributed by atoms with Crippen molar-refractivity contribution in [1.82, 2.24) is 0 Å². The Bertz CT molecular complexity index is 397. The lowest BCUT2D eigenvalue weighted by molar-refractivity contribution is 0.106. The fourth-order valence-corrected chi connectivity index (χ4v) is 2.73. The Hall–Kier alpha value is -1.06. The van der Waals surface area contributed by atoms with Crippen LogP contribution in [0.15, 0.2) is 18.2 Å². The van der Waals surface area contributed by atoms with Gasteiger partial charge in [-0.2, -0.15) is 0 Å². The van der Waals surface area contributed by atoms with Crippen LogP contribution in [0.25, 0.3) is 0 Å². The van der Waals surface area contributed by atoms with Crippen LogP contribution in [-0.2, 0) is 4.74 Å². The van der Waals surface area contributed by atoms with Crippen LogP contribution in [0.4, 0.5) is 5.69 Å². The largest absolute Gasteiger partial charge is 0.382 e. The zero-order valence-electron chi connectivity index (χ0n) is 13.2. The monoisotopic (exact) mass is 264 g/mol. The number of hydrogen-bond donors (Lipinski definition) is 1. The number of nitrogens with zero attached hydrogens (tertiary/aromatic N) is 1. The van der Waals surface area contributed by atoms with Gasteiger partial charge in [0.05, 0.1) is 12.1 Å². The lowest BCUT2D eigenvalue weighted by Crippen LogP contribution is -2.59. The maximum atomic E-state index is 6.09. The van der Waals surface area contributed by atoms with Gasteiger partial charge >= 0.3 is 0 Å². The first-order chi connectivity index (χ1) is 8.87. The predicted molar refractivity (Wildman–Crippen MR) is 82.8 cm³/mol. The maximum Gasteiger partial charge on any atom is 0.0776 e. The van der Waals surface area contributed by atoms with Crippen LogP contribution in [0, 0.1) is 19.8 Å². The van der Waals surface area contributed by atoms with Crippen LogP contribution < -0.4 is 10.6 Å². The summed E-state index contributed by atoms with van der Waals surface area (Å²) in [4.78, 5) is 2.28. The molecule has 0 bridgehead atoms. The highest BCUT2D eigenvalue weighted by Crippen LogP contribution is 2.30. The van der Waals surface area contributed by atoms with Gasteiger partial charge in [-0.1, -0.05) is 19.9 Å². The Kier molecular flexibility index (Phi) is 5.39. The predicted octanol–water partition coefficient (Wildman–Crippen LogP) is 2.74. The third-order valence-electron chi connectivity index (χ3n) is 4.08. The zero-order chi connectivity index (χ0) is 14.6. The summed E-state index contributed by atoms with van der Waals surface area (Å²) >= 11 is 0. The molecule has 19 heavy (non-hydrogen) atoms. The van der Waals surface area contributed by atoms with Gasteiger partial charge in [0.1, 0.15) is 0 Å². The summed E-state index contributed by atoms with van der Waals surface area (Å²) < 4.78 is 5.44. The zero-order valence-corrected chi connectivity index (χ0v) is 13.2. The fraction of sp³-hybridized carbons (Fsp3) is 0.625. The Labute approximate surface area is 117 Å². The van der Waals surface area contributed by atoms with Crippen molar-refractivity contribution >= 4 is 5.69 Å². The highest BCUT2D eigenvalue weighted by Gasteiger charge is 2.37. The van der Waals surface area contributed by atoms with Gasteiger partial charge in [-0.3, -0.25) is 0 Å². The summed E-state index contributed by atoms with van der Waals surface area (Å²) in [6.45, 7) is 9.85. The van der Waals surface area contributed by atoms with E-state index in [4.69, 9.17) is 10.5 Å². The molecule has 1 unspecified atom stereocenters. The molecule has 0 spiro atoms. The summed E-state index contributed by atoms with van der Waals surface area (Å²) in [5.74, 6) is 0.406. The molecule has 0 aliphatic rings. The third kappa shape index (κ3) is 3.28. The number of nitrogens with two attached hydrogens (primary N) is 1. The molecule has 0 aliphatic heterocycles. The highest BCUT2D eigenvalue weighted by molar-refractivity contribution is 5.53. The van der Waals surface area contributed by atoms with Crippen molar-refractivity contribution in [2.45, 2.75) is 33.2 Å². The lowest BCUT2D eigenvalue weighted by Gasteiger charge is -2.45. The quantitative estimate of drug-likeness (QED) is 0.858. The molecule has 0 aromatic heterocycles. The van der Waals surface area contributed by atoms with E-state index in [1.165, 1.54) is 16.8 Å². The van der Waals surface area contributed by atoms with E-state index in [1.54, 1.807) is 7.11 Å². The van der Waals surface area contributed by atoms with Crippen molar-refractivity contribution in [3.05, 3.63) is 29.3 Å². The number of hydrogen-bond acceptors (Lipinski definition) is 3. The SMILES string of the molecule is COCC(CN)(C(C)C)N(C)c1cc(C)cc(C)c1. The van der Waals surface area contributed by atoms with E-state index in [2.05, 4.69) is 57.8 Å². The molecule has 0 saturated heterocycles. The minimum atomic E-state index is -0.172. The molecule has 0 saturated carbocycles. The van der Waals surface area contributed by atoms with E-state index in [0.29, 0.717) is 19.1 Å². The van der Waals surface area contributed by atoms with Crippen molar-refractivity contribution in [2.75, 3.05) is 32.2 Å². The molecular formula is C16H28N2O. The van der Waals surface area contributed by atoms with E-state index in [-0.39, 0.29) is 5.54 Å². The van der Waals surface area contributed by atoms with Gasteiger partial charge in [-0.15, -0.1) is 0 Å². The maximum absolute atomic E-state index is 6.09. The van der Waals surface area contributed by atoms with Gasteiger partial charge in [0.2, 0.25) is 0 Å². The van der Waals surface area contributed by atoms with Crippen molar-refractivity contribution in [2.24, 2.45) is 11.7 Å². The van der Waals surface area contributed by atoms with Crippen LogP contribution in [0.2, 0.25) is 0 Å². The Morgan fingerprint density at radius 1 is 1.21 bits per heavy atom. The standard InChI is InChI=1S/C16H28N2O/c1-12(2)16(10-17,11-19-6)18(5)15-8-13(3)7-14(4)9-15/h7-9,12H,10-11,17H2,1-6H3. The van der Waals surface area contributed by atoms with E-state index in [1.807, 2.05) is 0 Å². The van der Waals surface area contributed by atoms with Gasteiger partial charge in [-0.05, 0) is 43.0 Å². The first kappa shape index (κ1) is 16.0. The number of rotatable bonds is 6. The molecular weight excluding hydrogens is 236 g/mol. The van der Waals surface area contributed by atoms with Crippen LogP contribution in [0.3, 0.4) is 0 Å². The van der Waals surface area contributed by atoms with E-state index in [0.717, 1.165) is 0 Å². The van der Waals surface area contributed by atoms with Crippen LogP contribution in [0.1, 0.15) is 25.0 Å². The van der Waals surface area contributed by atoms with Gasteiger partial charge in [0.15, 0.2) is 0 Å². The van der Waals surface area contributed by atoms with Crippen molar-refractivity contribution in [3.8, 4) is 0 Å². The molecule has 1 atom stereocenters. The average molecular weight is 264 g/mol. The van der Waals surface area contributed by atoms with Gasteiger partial charge in [0, 0.05) is 26.4 Å². The number of aryl methyl sites for hydroxylation is 2. The number of benzene rings is 1. The normalized spacial score (nSPS) is 14.5. The third-order valence-corrected chi connectivity index (χ3v) is 4.08. The first-order valence-electron chi connectivity index (χ1n) is 6.88. The minimum absolute atomic E-state index is 0.172. The molecule has 1 rings (SSSR count). The van der Waals surface area contributed by atoms with Crippen LogP contribution >= 0.6 is 0 Å². The smallest absolute Gasteiger partial charge is 0.0776 e. The van der Waals surface area contributed by atoms with Crippen LogP contribution in [0.5, 0.6) is 0 Å². The molecule has 0 radical (unpaired) electrons. The number of ether oxygens (including phenoxy) is 1. The second-order valence-electron chi connectivity index (χ2n) is 5.80. The van der Waals surface area contributed by atoms with Crippen molar-refractivity contribution < 1.29 is 4.74 Å². The van der Waals surface area contributed by atoms with Gasteiger partial charge in [0.25, 0.3) is 0 Å². The molecule has 3 heteroatoms. The van der Waals surface area contributed by atoms with Crippen molar-refractivity contribution in [1.29, 1.82) is 0 Å². The summed E-state index contributed by atoms with van der Waals surface area (Å²) in [6.07, 6.45) is 0. The summed E-state index contributed by atoms with van der Waals surface area (Å²) in [7, 11) is 3.85. The van der Waals surface area contributed by atoms with Gasteiger partial charge in [-0.25, -0.2) is 0 Å². The summed E-state index contributed by atoms with van der Waals surface area (Å²) in [5.41, 5.74) is 9.66. The number of methoxy groups -OCH3 is 1. The molecule has 0 aliphatic carbocycles. The second kappa shape index (κ2) is 6.40. The van der Waals surface area contributed by atoms with E-state index >= 15 is 0 Å². The Morgan fingerprint density at radius 2 is 1.74 bits per heavy atom. The van der Waals surface area contributed by atoms with E-state index < -0.39 is 0 Å². The Morgan fingerprint density at radius 3 is 2.11 bits per heavy atom. The lowest BCUT2D eigenvalue weighted by atomic mass is 9.85. The number of likely N-dealkylation sites (N-methyl/N-ethyl adjacent to an activating group) is 1. The molecule has 0 fully saturated rings. The molecule has 0 amide bonds. The Balaban J connectivity index is 3.21.